The second-order valence-corrected chi connectivity index (χ2v) is 41.0. The van der Waals surface area contributed by atoms with Crippen molar-refractivity contribution in [1.29, 1.82) is 0 Å². The first kappa shape index (κ1) is 73.8. The van der Waals surface area contributed by atoms with Crippen LogP contribution in [0.3, 0.4) is 0 Å². The molecule has 0 bridgehead atoms. The minimum absolute atomic E-state index is 0.0263. The van der Waals surface area contributed by atoms with E-state index < -0.39 is 43.1 Å². The molecule has 446 valence electrons. The molecule has 74 heavy (non-hydrogen) atoms. The van der Waals surface area contributed by atoms with Crippen LogP contribution in [0.4, 0.5) is 0 Å². The van der Waals surface area contributed by atoms with Crippen LogP contribution in [0.5, 0.6) is 0 Å². The maximum atomic E-state index is 15.1. The van der Waals surface area contributed by atoms with Crippen molar-refractivity contribution >= 4 is 10.2 Å². The SMILES string of the molecule is CC(C)(C)CC1(C(C)(C)C)NS(=O)(=O)N(C(C)(C)C)C(C(C)(C)C)(C(C)(C)C)C1(CC(C)(C)C)C(C)(C)C.CC(C)C(N)(CC(C)(C)C)C(CC(C)(C)C)(C(C)(C)C)C(CCC(C)(C)C)(NC(C)(C)C)C(C)(C)C. The zero-order chi connectivity index (χ0) is 60.8. The van der Waals surface area contributed by atoms with E-state index in [4.69, 9.17) is 5.73 Å². The summed E-state index contributed by atoms with van der Waals surface area (Å²) in [4.78, 5) is 0. The molecule has 5 atom stereocenters. The monoisotopic (exact) mass is 1070 g/mol. The second kappa shape index (κ2) is 21.0. The highest BCUT2D eigenvalue weighted by atomic mass is 32.2. The van der Waals surface area contributed by atoms with E-state index in [9.17, 15) is 0 Å². The molecule has 1 heterocycles. The normalized spacial score (nSPS) is 24.4. The van der Waals surface area contributed by atoms with Crippen LogP contribution in [0, 0.1) is 76.3 Å². The lowest BCUT2D eigenvalue weighted by Crippen LogP contribution is -2.92. The summed E-state index contributed by atoms with van der Waals surface area (Å²) < 4.78 is 35.7. The van der Waals surface area contributed by atoms with E-state index in [0.717, 1.165) is 38.5 Å². The lowest BCUT2D eigenvalue weighted by molar-refractivity contribution is -0.277. The van der Waals surface area contributed by atoms with Crippen LogP contribution in [-0.2, 0) is 10.2 Å². The highest BCUT2D eigenvalue weighted by Gasteiger charge is 2.83. The van der Waals surface area contributed by atoms with Crippen molar-refractivity contribution < 1.29 is 8.42 Å². The van der Waals surface area contributed by atoms with Gasteiger partial charge in [0.25, 0.3) is 10.2 Å². The van der Waals surface area contributed by atoms with Crippen molar-refractivity contribution in [3.05, 3.63) is 0 Å². The number of hydrogen-bond acceptors (Lipinski definition) is 4. The van der Waals surface area contributed by atoms with Gasteiger partial charge >= 0.3 is 0 Å². The topological polar surface area (TPSA) is 87.5 Å². The number of rotatable bonds is 10. The molecule has 0 saturated carbocycles. The van der Waals surface area contributed by atoms with E-state index in [1.54, 1.807) is 0 Å². The molecule has 4 N–H and O–H groups in total. The first-order valence-corrected chi connectivity index (χ1v) is 31.1. The van der Waals surface area contributed by atoms with Crippen LogP contribution < -0.4 is 15.8 Å². The summed E-state index contributed by atoms with van der Waals surface area (Å²) in [5, 5.41) is 4.42. The van der Waals surface area contributed by atoms with E-state index >= 15 is 8.42 Å². The fourth-order valence-electron chi connectivity index (χ4n) is 17.1. The summed E-state index contributed by atoms with van der Waals surface area (Å²) in [6.07, 6.45) is 5.92. The van der Waals surface area contributed by atoms with E-state index in [-0.39, 0.29) is 70.8 Å². The van der Waals surface area contributed by atoms with Crippen molar-refractivity contribution in [3.8, 4) is 0 Å². The van der Waals surface area contributed by atoms with E-state index in [1.165, 1.54) is 0 Å². The largest absolute Gasteiger partial charge is 0.324 e. The van der Waals surface area contributed by atoms with Crippen LogP contribution in [-0.4, -0.2) is 46.0 Å². The van der Waals surface area contributed by atoms with Gasteiger partial charge in [-0.3, -0.25) is 0 Å². The molecule has 1 rings (SSSR count). The molecule has 7 heteroatoms. The Morgan fingerprint density at radius 1 is 0.459 bits per heavy atom. The molecule has 0 aliphatic carbocycles. The predicted molar refractivity (Wildman–Crippen MR) is 333 cm³/mol. The minimum atomic E-state index is -3.92. The lowest BCUT2D eigenvalue weighted by atomic mass is 9.32. The molecule has 6 nitrogen and oxygen atoms in total. The predicted octanol–water partition coefficient (Wildman–Crippen LogP) is 19.7. The fourth-order valence-corrected chi connectivity index (χ4v) is 20.0. The van der Waals surface area contributed by atoms with Gasteiger partial charge in [-0.1, -0.05) is 242 Å². The van der Waals surface area contributed by atoms with E-state index in [0.29, 0.717) is 5.92 Å². The molecule has 0 spiro atoms. The third-order valence-corrected chi connectivity index (χ3v) is 19.6. The average Bonchev–Trinajstić information content (AvgIpc) is 2.99. The molecule has 1 aliphatic rings. The van der Waals surface area contributed by atoms with Crippen molar-refractivity contribution in [2.75, 3.05) is 0 Å². The minimum Gasteiger partial charge on any atom is -0.324 e. The van der Waals surface area contributed by atoms with Gasteiger partial charge in [-0.15, -0.1) is 0 Å². The van der Waals surface area contributed by atoms with Gasteiger partial charge in [0.05, 0.1) is 5.54 Å². The Morgan fingerprint density at radius 2 is 0.824 bits per heavy atom. The molecule has 1 fully saturated rings. The Bertz CT molecular complexity index is 1920. The van der Waals surface area contributed by atoms with Crippen molar-refractivity contribution in [3.63, 3.8) is 0 Å². The molecule has 1 aliphatic heterocycles. The van der Waals surface area contributed by atoms with E-state index in [2.05, 4.69) is 294 Å². The molecule has 0 radical (unpaired) electrons. The van der Waals surface area contributed by atoms with Gasteiger partial charge < -0.3 is 11.1 Å². The first-order valence-electron chi connectivity index (χ1n) is 29.7. The Morgan fingerprint density at radius 3 is 1.04 bits per heavy atom. The maximum absolute atomic E-state index is 15.1. The number of nitrogens with zero attached hydrogens (tertiary/aromatic N) is 1. The smallest absolute Gasteiger partial charge is 0.281 e. The zero-order valence-electron chi connectivity index (χ0n) is 58.6. The van der Waals surface area contributed by atoms with Gasteiger partial charge in [0.1, 0.15) is 0 Å². The van der Waals surface area contributed by atoms with Gasteiger partial charge in [-0.2, -0.15) is 17.4 Å². The molecule has 0 aromatic heterocycles. The number of hydrogen-bond donors (Lipinski definition) is 3. The van der Waals surface area contributed by atoms with Gasteiger partial charge in [0.15, 0.2) is 0 Å². The average molecular weight is 1070 g/mol. The summed E-state index contributed by atoms with van der Waals surface area (Å²) in [5.74, 6) is 0.330. The summed E-state index contributed by atoms with van der Waals surface area (Å²) in [6.45, 7) is 96.2. The first-order chi connectivity index (χ1) is 31.3. The summed E-state index contributed by atoms with van der Waals surface area (Å²) in [7, 11) is -3.92. The summed E-state index contributed by atoms with van der Waals surface area (Å²) in [5.41, 5.74) is 3.35. The highest BCUT2D eigenvalue weighted by Crippen LogP contribution is 2.77. The van der Waals surface area contributed by atoms with Gasteiger partial charge in [0, 0.05) is 38.5 Å². The Balaban J connectivity index is 0.00000144. The number of nitrogens with two attached hydrogens (primary N) is 1. The molecule has 5 unspecified atom stereocenters. The van der Waals surface area contributed by atoms with E-state index in [1.807, 2.05) is 4.31 Å². The second-order valence-electron chi connectivity index (χ2n) is 39.5. The fraction of sp³-hybridized carbons (Fsp3) is 1.00. The molecule has 1 saturated heterocycles. The third kappa shape index (κ3) is 14.6. The van der Waals surface area contributed by atoms with Gasteiger partial charge in [0.2, 0.25) is 0 Å². The highest BCUT2D eigenvalue weighted by molar-refractivity contribution is 7.87. The molecular formula is C67H140N4O2S. The van der Waals surface area contributed by atoms with Crippen molar-refractivity contribution in [2.45, 2.75) is 356 Å². The standard InChI is InChI=1S/C34H72N2.C33H68N2O2S/c1-25(2)32(35,23-27(6,7)8)33(29(12,13)14,24-28(9,10)11)34(30(15,16)17,36-31(18,19)20)22-21-26(3,4)5;1-24(2,3)22-31(26(7,8)9)32(27(10,11)12,23-25(4,5)6)34-38(36,37)35(30(19,20)21)33(31,28(13,14)15)29(16,17)18/h25,36H,21-24,35H2,1-20H3;34H,22-23H2,1-21H3. The Hall–Kier alpha value is -0.210. The van der Waals surface area contributed by atoms with Gasteiger partial charge in [-0.25, -0.2) is 0 Å². The summed E-state index contributed by atoms with van der Waals surface area (Å²) >= 11 is 0. The molecule has 0 amide bonds. The van der Waals surface area contributed by atoms with Crippen LogP contribution in [0.1, 0.15) is 322 Å². The van der Waals surface area contributed by atoms with Crippen LogP contribution in [0.2, 0.25) is 0 Å². The zero-order valence-corrected chi connectivity index (χ0v) is 59.4. The summed E-state index contributed by atoms with van der Waals surface area (Å²) in [6, 6.07) is 0. The quantitative estimate of drug-likeness (QED) is 0.203. The van der Waals surface area contributed by atoms with Crippen molar-refractivity contribution in [1.82, 2.24) is 14.3 Å². The molecule has 0 aromatic rings. The number of nitrogens with one attached hydrogen (secondary N) is 2. The lowest BCUT2D eigenvalue weighted by Gasteiger charge is -2.82. The Labute approximate surface area is 468 Å². The van der Waals surface area contributed by atoms with Crippen molar-refractivity contribution in [2.24, 2.45) is 82.0 Å². The van der Waals surface area contributed by atoms with Crippen LogP contribution in [0.15, 0.2) is 0 Å². The Kier molecular flexibility index (Phi) is 20.9. The third-order valence-electron chi connectivity index (χ3n) is 17.7. The van der Waals surface area contributed by atoms with Crippen LogP contribution >= 0.6 is 0 Å². The van der Waals surface area contributed by atoms with Gasteiger partial charge in [-0.05, 0) is 146 Å². The maximum Gasteiger partial charge on any atom is 0.281 e. The van der Waals surface area contributed by atoms with Crippen LogP contribution in [0.25, 0.3) is 0 Å². The molecule has 0 aromatic carbocycles. The molecular weight excluding hydrogens is 925 g/mol.